The number of carbonyl (C=O) groups is 1. The van der Waals surface area contributed by atoms with Gasteiger partial charge >= 0.3 is 0 Å². The third-order valence-corrected chi connectivity index (χ3v) is 5.17. The fraction of sp³-hybridized carbons (Fsp3) is 0.562. The van der Waals surface area contributed by atoms with Crippen molar-refractivity contribution >= 4 is 15.9 Å². The lowest BCUT2D eigenvalue weighted by Crippen LogP contribution is -2.41. The molecule has 1 aliphatic heterocycles. The summed E-state index contributed by atoms with van der Waals surface area (Å²) in [6, 6.07) is 6.89. The molecule has 7 nitrogen and oxygen atoms in total. The molecule has 8 heteroatoms. The summed E-state index contributed by atoms with van der Waals surface area (Å²) >= 11 is 0. The van der Waals surface area contributed by atoms with Crippen LogP contribution in [0.5, 0.6) is 5.75 Å². The average molecular weight is 356 g/mol. The summed E-state index contributed by atoms with van der Waals surface area (Å²) in [5.41, 5.74) is 0.421. The van der Waals surface area contributed by atoms with Crippen LogP contribution in [0.4, 0.5) is 0 Å². The second kappa shape index (κ2) is 8.46. The topological polar surface area (TPSA) is 84.9 Å². The molecule has 2 rings (SSSR count). The Balaban J connectivity index is 1.90. The highest BCUT2D eigenvalue weighted by Gasteiger charge is 2.24. The number of hydrogen-bond acceptors (Lipinski definition) is 5. The number of amides is 1. The minimum absolute atomic E-state index is 0.0651. The van der Waals surface area contributed by atoms with Gasteiger partial charge in [0.25, 0.3) is 5.91 Å². The van der Waals surface area contributed by atoms with E-state index in [1.165, 1.54) is 17.7 Å². The number of ether oxygens (including phenoxy) is 2. The molecule has 0 saturated carbocycles. The van der Waals surface area contributed by atoms with Gasteiger partial charge in [-0.15, -0.1) is 0 Å². The number of sulfonamides is 1. The molecule has 1 heterocycles. The molecule has 1 fully saturated rings. The highest BCUT2D eigenvalue weighted by Crippen LogP contribution is 2.17. The van der Waals surface area contributed by atoms with E-state index in [1.54, 1.807) is 24.3 Å². The molecule has 24 heavy (non-hydrogen) atoms. The maximum Gasteiger partial charge on any atom is 0.255 e. The molecule has 1 amide bonds. The molecular formula is C16H24N2O5S. The highest BCUT2D eigenvalue weighted by molar-refractivity contribution is 7.88. The molecule has 1 unspecified atom stereocenters. The predicted octanol–water partition coefficient (Wildman–Crippen LogP) is 0.866. The minimum atomic E-state index is -3.35. The van der Waals surface area contributed by atoms with E-state index in [0.717, 1.165) is 12.8 Å². The zero-order valence-electron chi connectivity index (χ0n) is 14.0. The smallest absolute Gasteiger partial charge is 0.255 e. The third kappa shape index (κ3) is 5.19. The van der Waals surface area contributed by atoms with Gasteiger partial charge in [0.1, 0.15) is 5.75 Å². The van der Waals surface area contributed by atoms with Crippen molar-refractivity contribution in [3.05, 3.63) is 29.8 Å². The normalized spacial score (nSPS) is 17.9. The molecule has 134 valence electrons. The number of rotatable bonds is 8. The molecule has 1 saturated heterocycles. The number of benzene rings is 1. The Kier molecular flexibility index (Phi) is 6.59. The van der Waals surface area contributed by atoms with Gasteiger partial charge in [-0.3, -0.25) is 4.79 Å². The van der Waals surface area contributed by atoms with E-state index in [9.17, 15) is 13.2 Å². The van der Waals surface area contributed by atoms with Crippen molar-refractivity contribution in [3.8, 4) is 5.75 Å². The monoisotopic (exact) mass is 356 g/mol. The fourth-order valence-electron chi connectivity index (χ4n) is 2.63. The maximum absolute atomic E-state index is 12.2. The average Bonchev–Trinajstić information content (AvgIpc) is 3.06. The van der Waals surface area contributed by atoms with Crippen LogP contribution in [0.1, 0.15) is 23.2 Å². The Bertz CT molecular complexity index is 656. The summed E-state index contributed by atoms with van der Waals surface area (Å²) in [4.78, 5) is 12.2. The van der Waals surface area contributed by atoms with Crippen molar-refractivity contribution < 1.29 is 22.7 Å². The number of hydrogen-bond donors (Lipinski definition) is 1. The number of nitrogens with one attached hydrogen (secondary N) is 1. The number of carbonyl (C=O) groups excluding carboxylic acids is 1. The largest absolute Gasteiger partial charge is 0.496 e. The molecule has 1 aromatic carbocycles. The van der Waals surface area contributed by atoms with Gasteiger partial charge in [0.2, 0.25) is 10.0 Å². The van der Waals surface area contributed by atoms with Gasteiger partial charge in [0, 0.05) is 26.2 Å². The Morgan fingerprint density at radius 2 is 2.17 bits per heavy atom. The first-order chi connectivity index (χ1) is 11.4. The quantitative estimate of drug-likeness (QED) is 0.747. The van der Waals surface area contributed by atoms with Crippen LogP contribution < -0.4 is 10.1 Å². The van der Waals surface area contributed by atoms with Gasteiger partial charge in [-0.05, 0) is 25.0 Å². The first-order valence-corrected chi connectivity index (χ1v) is 9.74. The fourth-order valence-corrected chi connectivity index (χ4v) is 3.49. The predicted molar refractivity (Wildman–Crippen MR) is 90.7 cm³/mol. The molecule has 0 spiro atoms. The first-order valence-electron chi connectivity index (χ1n) is 7.89. The lowest BCUT2D eigenvalue weighted by Gasteiger charge is -2.23. The van der Waals surface area contributed by atoms with Gasteiger partial charge in [-0.2, -0.15) is 4.31 Å². The number of nitrogens with zero attached hydrogens (tertiary/aromatic N) is 1. The lowest BCUT2D eigenvalue weighted by molar-refractivity contribution is 0.0909. The van der Waals surface area contributed by atoms with Gasteiger partial charge in [0.15, 0.2) is 0 Å². The Hall–Kier alpha value is -1.64. The van der Waals surface area contributed by atoms with E-state index < -0.39 is 10.0 Å². The van der Waals surface area contributed by atoms with E-state index >= 15 is 0 Å². The Morgan fingerprint density at radius 1 is 1.42 bits per heavy atom. The van der Waals surface area contributed by atoms with Crippen molar-refractivity contribution in [2.45, 2.75) is 18.9 Å². The Labute approximate surface area is 143 Å². The van der Waals surface area contributed by atoms with Crippen LogP contribution in [0.15, 0.2) is 24.3 Å². The van der Waals surface area contributed by atoms with Gasteiger partial charge < -0.3 is 14.8 Å². The van der Waals surface area contributed by atoms with Crippen molar-refractivity contribution in [2.24, 2.45) is 0 Å². The van der Waals surface area contributed by atoms with E-state index in [0.29, 0.717) is 24.5 Å². The summed E-state index contributed by atoms with van der Waals surface area (Å²) in [6.07, 6.45) is 2.92. The summed E-state index contributed by atoms with van der Waals surface area (Å²) < 4.78 is 35.8. The third-order valence-electron chi connectivity index (χ3n) is 3.90. The van der Waals surface area contributed by atoms with Crippen molar-refractivity contribution in [3.63, 3.8) is 0 Å². The van der Waals surface area contributed by atoms with Crippen molar-refractivity contribution in [2.75, 3.05) is 39.6 Å². The van der Waals surface area contributed by atoms with Crippen LogP contribution in [0.25, 0.3) is 0 Å². The molecule has 1 aromatic rings. The summed E-state index contributed by atoms with van der Waals surface area (Å²) in [7, 11) is -1.85. The standard InChI is InChI=1S/C16H24N2O5S/c1-22-15-8-4-3-7-14(15)16(19)17-9-10-18(24(2,20)21)12-13-6-5-11-23-13/h3-4,7-8,13H,5-6,9-12H2,1-2H3,(H,17,19). The van der Waals surface area contributed by atoms with Crippen LogP contribution in [-0.2, 0) is 14.8 Å². The van der Waals surface area contributed by atoms with E-state index in [4.69, 9.17) is 9.47 Å². The lowest BCUT2D eigenvalue weighted by atomic mass is 10.2. The molecule has 0 radical (unpaired) electrons. The van der Waals surface area contributed by atoms with Crippen LogP contribution in [0.2, 0.25) is 0 Å². The summed E-state index contributed by atoms with van der Waals surface area (Å²) in [5.74, 6) is 0.187. The van der Waals surface area contributed by atoms with Gasteiger partial charge in [-0.1, -0.05) is 12.1 Å². The van der Waals surface area contributed by atoms with Gasteiger partial charge in [-0.25, -0.2) is 8.42 Å². The van der Waals surface area contributed by atoms with Crippen LogP contribution in [0.3, 0.4) is 0 Å². The molecule has 1 aliphatic rings. The Morgan fingerprint density at radius 3 is 2.79 bits per heavy atom. The van der Waals surface area contributed by atoms with Crippen molar-refractivity contribution in [1.82, 2.24) is 9.62 Å². The van der Waals surface area contributed by atoms with E-state index in [2.05, 4.69) is 5.32 Å². The zero-order chi connectivity index (χ0) is 17.6. The molecule has 0 bridgehead atoms. The number of methoxy groups -OCH3 is 1. The molecular weight excluding hydrogens is 332 g/mol. The second-order valence-electron chi connectivity index (χ2n) is 5.71. The first kappa shape index (κ1) is 18.7. The zero-order valence-corrected chi connectivity index (χ0v) is 14.8. The van der Waals surface area contributed by atoms with Crippen LogP contribution in [0, 0.1) is 0 Å². The molecule has 1 atom stereocenters. The van der Waals surface area contributed by atoms with E-state index in [1.807, 2.05) is 0 Å². The van der Waals surface area contributed by atoms with Crippen LogP contribution >= 0.6 is 0 Å². The SMILES string of the molecule is COc1ccccc1C(=O)NCCN(CC1CCCO1)S(C)(=O)=O. The van der Waals surface area contributed by atoms with Crippen molar-refractivity contribution in [1.29, 1.82) is 0 Å². The maximum atomic E-state index is 12.2. The van der Waals surface area contributed by atoms with E-state index in [-0.39, 0.29) is 25.1 Å². The molecule has 1 N–H and O–H groups in total. The second-order valence-corrected chi connectivity index (χ2v) is 7.69. The highest BCUT2D eigenvalue weighted by atomic mass is 32.2. The molecule has 0 aliphatic carbocycles. The van der Waals surface area contributed by atoms with Gasteiger partial charge in [0.05, 0.1) is 25.0 Å². The summed E-state index contributed by atoms with van der Waals surface area (Å²) in [6.45, 7) is 1.42. The molecule has 0 aromatic heterocycles. The minimum Gasteiger partial charge on any atom is -0.496 e. The summed E-state index contributed by atoms with van der Waals surface area (Å²) in [5, 5.41) is 2.74. The van der Waals surface area contributed by atoms with Crippen LogP contribution in [-0.4, -0.2) is 64.3 Å². The number of para-hydroxylation sites is 1.